The molecule has 2 rings (SSSR count). The summed E-state index contributed by atoms with van der Waals surface area (Å²) in [5.74, 6) is 0. The van der Waals surface area contributed by atoms with Crippen LogP contribution in [0.4, 0.5) is 0 Å². The largest absolute Gasteiger partial charge is 0.317 e. The number of nitrogens with zero attached hydrogens (tertiary/aromatic N) is 1. The fourth-order valence-corrected chi connectivity index (χ4v) is 3.60. The summed E-state index contributed by atoms with van der Waals surface area (Å²) in [6.45, 7) is 3.63. The first-order valence-corrected chi connectivity index (χ1v) is 7.53. The Bertz CT molecular complexity index is 310. The van der Waals surface area contributed by atoms with E-state index in [1.807, 2.05) is 0 Å². The lowest BCUT2D eigenvalue weighted by molar-refractivity contribution is 0.111. The van der Waals surface area contributed by atoms with E-state index in [1.54, 1.807) is 4.31 Å². The standard InChI is InChI=1S/C10H20N2O2S/c1-15(13,14)12-8-4-10(5-9-12)2-6-11-7-3-10/h11H,2-9H2,1H3. The van der Waals surface area contributed by atoms with Crippen LogP contribution in [0.5, 0.6) is 0 Å². The molecule has 15 heavy (non-hydrogen) atoms. The summed E-state index contributed by atoms with van der Waals surface area (Å²) in [5, 5.41) is 3.37. The monoisotopic (exact) mass is 232 g/mol. The average molecular weight is 232 g/mol. The van der Waals surface area contributed by atoms with Gasteiger partial charge in [-0.15, -0.1) is 0 Å². The number of rotatable bonds is 1. The molecule has 0 bridgehead atoms. The zero-order valence-electron chi connectivity index (χ0n) is 9.33. The van der Waals surface area contributed by atoms with Gasteiger partial charge in [-0.05, 0) is 44.2 Å². The number of sulfonamides is 1. The van der Waals surface area contributed by atoms with Gasteiger partial charge in [-0.3, -0.25) is 0 Å². The molecule has 0 amide bonds. The molecule has 5 heteroatoms. The van der Waals surface area contributed by atoms with Crippen molar-refractivity contribution < 1.29 is 8.42 Å². The van der Waals surface area contributed by atoms with E-state index in [2.05, 4.69) is 5.32 Å². The van der Waals surface area contributed by atoms with E-state index >= 15 is 0 Å². The van der Waals surface area contributed by atoms with Crippen LogP contribution >= 0.6 is 0 Å². The summed E-state index contributed by atoms with van der Waals surface area (Å²) in [6, 6.07) is 0. The van der Waals surface area contributed by atoms with E-state index in [0.29, 0.717) is 5.41 Å². The number of piperidine rings is 2. The Morgan fingerprint density at radius 2 is 1.60 bits per heavy atom. The topological polar surface area (TPSA) is 49.4 Å². The second kappa shape index (κ2) is 4.03. The van der Waals surface area contributed by atoms with Gasteiger partial charge in [0.15, 0.2) is 0 Å². The summed E-state index contributed by atoms with van der Waals surface area (Å²) in [7, 11) is -2.96. The third-order valence-corrected chi connectivity index (χ3v) is 5.22. The normalized spacial score (nSPS) is 28.1. The molecular weight excluding hydrogens is 212 g/mol. The zero-order chi connectivity index (χ0) is 10.9. The van der Waals surface area contributed by atoms with E-state index in [1.165, 1.54) is 19.1 Å². The van der Waals surface area contributed by atoms with Crippen molar-refractivity contribution in [2.75, 3.05) is 32.4 Å². The molecule has 0 aromatic heterocycles. The van der Waals surface area contributed by atoms with Crippen LogP contribution in [0.15, 0.2) is 0 Å². The van der Waals surface area contributed by atoms with Gasteiger partial charge in [-0.1, -0.05) is 0 Å². The lowest BCUT2D eigenvalue weighted by Crippen LogP contribution is -2.46. The average Bonchev–Trinajstić information content (AvgIpc) is 2.18. The molecule has 1 N–H and O–H groups in total. The van der Waals surface area contributed by atoms with Crippen LogP contribution < -0.4 is 5.32 Å². The molecule has 0 saturated carbocycles. The lowest BCUT2D eigenvalue weighted by atomic mass is 9.72. The smallest absolute Gasteiger partial charge is 0.211 e. The second-order valence-corrected chi connectivity index (χ2v) is 6.89. The molecule has 2 aliphatic heterocycles. The number of hydrogen-bond acceptors (Lipinski definition) is 3. The Kier molecular flexibility index (Phi) is 3.05. The van der Waals surface area contributed by atoms with Crippen molar-refractivity contribution in [1.82, 2.24) is 9.62 Å². The highest BCUT2D eigenvalue weighted by Gasteiger charge is 2.37. The Morgan fingerprint density at radius 1 is 1.07 bits per heavy atom. The lowest BCUT2D eigenvalue weighted by Gasteiger charge is -2.43. The molecule has 2 saturated heterocycles. The van der Waals surface area contributed by atoms with Crippen LogP contribution in [0.1, 0.15) is 25.7 Å². The predicted octanol–water partition coefficient (Wildman–Crippen LogP) is 0.412. The molecule has 0 radical (unpaired) electrons. The van der Waals surface area contributed by atoms with Crippen LogP contribution in [-0.2, 0) is 10.0 Å². The van der Waals surface area contributed by atoms with Crippen molar-refractivity contribution in [2.45, 2.75) is 25.7 Å². The van der Waals surface area contributed by atoms with Gasteiger partial charge in [-0.2, -0.15) is 0 Å². The van der Waals surface area contributed by atoms with Crippen molar-refractivity contribution in [3.8, 4) is 0 Å². The number of nitrogens with one attached hydrogen (secondary N) is 1. The van der Waals surface area contributed by atoms with Crippen LogP contribution in [0.3, 0.4) is 0 Å². The first kappa shape index (κ1) is 11.4. The third kappa shape index (κ3) is 2.52. The van der Waals surface area contributed by atoms with Gasteiger partial charge >= 0.3 is 0 Å². The first-order chi connectivity index (χ1) is 7.02. The van der Waals surface area contributed by atoms with E-state index in [-0.39, 0.29) is 0 Å². The van der Waals surface area contributed by atoms with Gasteiger partial charge in [0.25, 0.3) is 0 Å². The van der Waals surface area contributed by atoms with Gasteiger partial charge in [0.05, 0.1) is 6.26 Å². The fraction of sp³-hybridized carbons (Fsp3) is 1.00. The molecular formula is C10H20N2O2S. The molecule has 88 valence electrons. The Labute approximate surface area is 92.1 Å². The van der Waals surface area contributed by atoms with Gasteiger partial charge in [0.2, 0.25) is 10.0 Å². The Balaban J connectivity index is 1.96. The molecule has 0 atom stereocenters. The molecule has 4 nitrogen and oxygen atoms in total. The molecule has 0 aliphatic carbocycles. The Morgan fingerprint density at radius 3 is 2.07 bits per heavy atom. The SMILES string of the molecule is CS(=O)(=O)N1CCC2(CCNCC2)CC1. The van der Waals surface area contributed by atoms with Crippen LogP contribution in [-0.4, -0.2) is 45.2 Å². The van der Waals surface area contributed by atoms with E-state index in [4.69, 9.17) is 0 Å². The fourth-order valence-electron chi connectivity index (χ4n) is 2.75. The molecule has 2 fully saturated rings. The van der Waals surface area contributed by atoms with Crippen molar-refractivity contribution in [3.63, 3.8) is 0 Å². The minimum atomic E-state index is -2.96. The first-order valence-electron chi connectivity index (χ1n) is 5.68. The molecule has 1 spiro atoms. The van der Waals surface area contributed by atoms with Crippen LogP contribution in [0, 0.1) is 5.41 Å². The maximum Gasteiger partial charge on any atom is 0.211 e. The minimum Gasteiger partial charge on any atom is -0.317 e. The van der Waals surface area contributed by atoms with Gasteiger partial charge in [0, 0.05) is 13.1 Å². The van der Waals surface area contributed by atoms with Crippen LogP contribution in [0.2, 0.25) is 0 Å². The number of hydrogen-bond donors (Lipinski definition) is 1. The molecule has 2 aliphatic rings. The van der Waals surface area contributed by atoms with E-state index in [0.717, 1.165) is 39.0 Å². The van der Waals surface area contributed by atoms with E-state index in [9.17, 15) is 8.42 Å². The van der Waals surface area contributed by atoms with Crippen molar-refractivity contribution in [1.29, 1.82) is 0 Å². The summed E-state index contributed by atoms with van der Waals surface area (Å²) in [6.07, 6.45) is 5.83. The van der Waals surface area contributed by atoms with Gasteiger partial charge in [0.1, 0.15) is 0 Å². The quantitative estimate of drug-likeness (QED) is 0.712. The zero-order valence-corrected chi connectivity index (χ0v) is 10.1. The summed E-state index contributed by atoms with van der Waals surface area (Å²) in [5.41, 5.74) is 0.437. The predicted molar refractivity (Wildman–Crippen MR) is 60.2 cm³/mol. The van der Waals surface area contributed by atoms with Gasteiger partial charge in [-0.25, -0.2) is 12.7 Å². The molecule has 0 aromatic rings. The van der Waals surface area contributed by atoms with Crippen LogP contribution in [0.25, 0.3) is 0 Å². The maximum atomic E-state index is 11.4. The van der Waals surface area contributed by atoms with Crippen molar-refractivity contribution in [3.05, 3.63) is 0 Å². The summed E-state index contributed by atoms with van der Waals surface area (Å²) in [4.78, 5) is 0. The maximum absolute atomic E-state index is 11.4. The van der Waals surface area contributed by atoms with E-state index < -0.39 is 10.0 Å². The Hall–Kier alpha value is -0.130. The molecule has 0 unspecified atom stereocenters. The highest BCUT2D eigenvalue weighted by Crippen LogP contribution is 2.39. The van der Waals surface area contributed by atoms with Crippen molar-refractivity contribution in [2.24, 2.45) is 5.41 Å². The minimum absolute atomic E-state index is 0.437. The third-order valence-electron chi connectivity index (χ3n) is 3.92. The summed E-state index contributed by atoms with van der Waals surface area (Å²) >= 11 is 0. The molecule has 0 aromatic carbocycles. The second-order valence-electron chi connectivity index (χ2n) is 4.91. The highest BCUT2D eigenvalue weighted by molar-refractivity contribution is 7.88. The summed E-state index contributed by atoms with van der Waals surface area (Å²) < 4.78 is 24.4. The highest BCUT2D eigenvalue weighted by atomic mass is 32.2. The van der Waals surface area contributed by atoms with Crippen molar-refractivity contribution >= 4 is 10.0 Å². The van der Waals surface area contributed by atoms with Gasteiger partial charge < -0.3 is 5.32 Å². The molecule has 2 heterocycles.